The highest BCUT2D eigenvalue weighted by molar-refractivity contribution is 7.90. The Labute approximate surface area is 94.6 Å². The zero-order valence-electron chi connectivity index (χ0n) is 9.07. The lowest BCUT2D eigenvalue weighted by atomic mass is 10.0. The average Bonchev–Trinajstić information content (AvgIpc) is 1.99. The van der Waals surface area contributed by atoms with Crippen LogP contribution in [0.1, 0.15) is 31.0 Å². The molecule has 0 aromatic carbocycles. The van der Waals surface area contributed by atoms with Crippen molar-refractivity contribution in [2.45, 2.75) is 31.8 Å². The largest absolute Gasteiger partial charge is 0.248 e. The molecule has 1 aromatic heterocycles. The van der Waals surface area contributed by atoms with Gasteiger partial charge in [-0.15, -0.1) is 0 Å². The van der Waals surface area contributed by atoms with Gasteiger partial charge < -0.3 is 0 Å². The fourth-order valence-corrected chi connectivity index (χ4v) is 2.39. The normalized spacial score (nSPS) is 12.1. The first-order valence-corrected chi connectivity index (χ1v) is 6.74. The maximum absolute atomic E-state index is 11.2. The lowest BCUT2D eigenvalue weighted by Gasteiger charge is -2.11. The second kappa shape index (κ2) is 4.06. The molecule has 0 spiro atoms. The highest BCUT2D eigenvalue weighted by Gasteiger charge is 2.18. The molecule has 0 atom stereocenters. The van der Waals surface area contributed by atoms with E-state index in [-0.39, 0.29) is 16.2 Å². The summed E-state index contributed by atoms with van der Waals surface area (Å²) in [6, 6.07) is 0. The van der Waals surface area contributed by atoms with Crippen molar-refractivity contribution in [3.05, 3.63) is 16.4 Å². The van der Waals surface area contributed by atoms with Gasteiger partial charge in [0.1, 0.15) is 5.15 Å². The van der Waals surface area contributed by atoms with Gasteiger partial charge in [0.2, 0.25) is 15.0 Å². The van der Waals surface area contributed by atoms with E-state index in [0.29, 0.717) is 5.69 Å². The van der Waals surface area contributed by atoms with Crippen molar-refractivity contribution in [2.24, 2.45) is 0 Å². The number of hydrogen-bond donors (Lipinski definition) is 0. The van der Waals surface area contributed by atoms with Crippen LogP contribution in [0.5, 0.6) is 0 Å². The number of aromatic nitrogens is 2. The summed E-state index contributed by atoms with van der Waals surface area (Å²) in [5.41, 5.74) is 1.41. The van der Waals surface area contributed by atoms with E-state index in [1.54, 1.807) is 6.92 Å². The van der Waals surface area contributed by atoms with E-state index in [9.17, 15) is 8.42 Å². The third-order valence-corrected chi connectivity index (χ3v) is 3.11. The third-order valence-electron chi connectivity index (χ3n) is 1.98. The van der Waals surface area contributed by atoms with Crippen LogP contribution in [0.3, 0.4) is 0 Å². The van der Waals surface area contributed by atoms with E-state index >= 15 is 0 Å². The van der Waals surface area contributed by atoms with Crippen LogP contribution in [0.25, 0.3) is 0 Å². The molecule has 0 aliphatic rings. The molecular formula is C9H13ClN2O2S. The van der Waals surface area contributed by atoms with Crippen LogP contribution in [0.15, 0.2) is 5.16 Å². The lowest BCUT2D eigenvalue weighted by Crippen LogP contribution is -2.09. The van der Waals surface area contributed by atoms with Crippen molar-refractivity contribution < 1.29 is 8.42 Å². The van der Waals surface area contributed by atoms with Crippen LogP contribution in [0.4, 0.5) is 0 Å². The van der Waals surface area contributed by atoms with E-state index in [4.69, 9.17) is 11.6 Å². The van der Waals surface area contributed by atoms with Gasteiger partial charge in [0, 0.05) is 17.5 Å². The summed E-state index contributed by atoms with van der Waals surface area (Å²) in [7, 11) is -3.40. The summed E-state index contributed by atoms with van der Waals surface area (Å²) in [6.45, 7) is 5.65. The first kappa shape index (κ1) is 12.4. The fraction of sp³-hybridized carbons (Fsp3) is 0.556. The Morgan fingerprint density at radius 2 is 1.80 bits per heavy atom. The molecule has 4 nitrogen and oxygen atoms in total. The SMILES string of the molecule is Cc1nc(S(C)(=O)=O)nc(Cl)c1C(C)C. The zero-order valence-corrected chi connectivity index (χ0v) is 10.6. The minimum absolute atomic E-state index is 0.172. The van der Waals surface area contributed by atoms with Gasteiger partial charge in [0.15, 0.2) is 0 Å². The predicted molar refractivity (Wildman–Crippen MR) is 59.0 cm³/mol. The van der Waals surface area contributed by atoms with E-state index in [1.165, 1.54) is 0 Å². The highest BCUT2D eigenvalue weighted by atomic mass is 35.5. The first-order chi connectivity index (χ1) is 6.73. The summed E-state index contributed by atoms with van der Waals surface area (Å²) < 4.78 is 22.5. The number of sulfone groups is 1. The van der Waals surface area contributed by atoms with Crippen LogP contribution in [0, 0.1) is 6.92 Å². The minimum atomic E-state index is -3.40. The minimum Gasteiger partial charge on any atom is -0.223 e. The maximum Gasteiger partial charge on any atom is 0.248 e. The van der Waals surface area contributed by atoms with Crippen molar-refractivity contribution in [3.63, 3.8) is 0 Å². The molecule has 1 heterocycles. The van der Waals surface area contributed by atoms with Gasteiger partial charge in [0.05, 0.1) is 0 Å². The Bertz CT molecular complexity index is 460. The molecule has 0 radical (unpaired) electrons. The number of halogens is 1. The molecule has 0 N–H and O–H groups in total. The first-order valence-electron chi connectivity index (χ1n) is 4.47. The second-order valence-corrected chi connectivity index (χ2v) is 5.99. The molecule has 0 saturated carbocycles. The Kier molecular flexibility index (Phi) is 3.35. The summed E-state index contributed by atoms with van der Waals surface area (Å²) in [5.74, 6) is 0.172. The maximum atomic E-state index is 11.2. The van der Waals surface area contributed by atoms with Crippen molar-refractivity contribution in [1.29, 1.82) is 0 Å². The summed E-state index contributed by atoms with van der Waals surface area (Å²) >= 11 is 5.92. The third kappa shape index (κ3) is 2.66. The van der Waals surface area contributed by atoms with Crippen LogP contribution in [0.2, 0.25) is 5.15 Å². The molecule has 6 heteroatoms. The number of rotatable bonds is 2. The Hall–Kier alpha value is -0.680. The number of nitrogens with zero attached hydrogens (tertiary/aromatic N) is 2. The van der Waals surface area contributed by atoms with Gasteiger partial charge in [-0.25, -0.2) is 18.4 Å². The Balaban J connectivity index is 3.45. The van der Waals surface area contributed by atoms with Crippen LogP contribution < -0.4 is 0 Å². The van der Waals surface area contributed by atoms with Crippen molar-refractivity contribution in [2.75, 3.05) is 6.26 Å². The molecule has 1 aromatic rings. The van der Waals surface area contributed by atoms with Crippen molar-refractivity contribution in [1.82, 2.24) is 9.97 Å². The number of aryl methyl sites for hydroxylation is 1. The van der Waals surface area contributed by atoms with Crippen LogP contribution in [-0.2, 0) is 9.84 Å². The molecule has 15 heavy (non-hydrogen) atoms. The highest BCUT2D eigenvalue weighted by Crippen LogP contribution is 2.25. The summed E-state index contributed by atoms with van der Waals surface area (Å²) in [5, 5.41) is 0.00678. The predicted octanol–water partition coefficient (Wildman–Crippen LogP) is 1.97. The molecule has 0 aliphatic carbocycles. The van der Waals surface area contributed by atoms with Crippen LogP contribution >= 0.6 is 11.6 Å². The van der Waals surface area contributed by atoms with E-state index in [1.807, 2.05) is 13.8 Å². The van der Waals surface area contributed by atoms with E-state index < -0.39 is 9.84 Å². The Morgan fingerprint density at radius 1 is 1.27 bits per heavy atom. The summed E-state index contributed by atoms with van der Waals surface area (Å²) in [4.78, 5) is 7.74. The molecule has 1 rings (SSSR count). The topological polar surface area (TPSA) is 59.9 Å². The van der Waals surface area contributed by atoms with Crippen LogP contribution in [-0.4, -0.2) is 24.6 Å². The van der Waals surface area contributed by atoms with Gasteiger partial charge >= 0.3 is 0 Å². The standard InChI is InChI=1S/C9H13ClN2O2S/c1-5(2)7-6(3)11-9(12-8(7)10)15(4,13)14/h5H,1-4H3. The van der Waals surface area contributed by atoms with Crippen molar-refractivity contribution in [3.8, 4) is 0 Å². The molecule has 0 fully saturated rings. The van der Waals surface area contributed by atoms with Gasteiger partial charge in [-0.2, -0.15) is 0 Å². The smallest absolute Gasteiger partial charge is 0.223 e. The fourth-order valence-electron chi connectivity index (χ4n) is 1.34. The molecule has 0 unspecified atom stereocenters. The summed E-state index contributed by atoms with van der Waals surface area (Å²) in [6.07, 6.45) is 1.06. The van der Waals surface area contributed by atoms with E-state index in [2.05, 4.69) is 9.97 Å². The molecular weight excluding hydrogens is 236 g/mol. The quantitative estimate of drug-likeness (QED) is 0.593. The van der Waals surface area contributed by atoms with Gasteiger partial charge in [-0.1, -0.05) is 25.4 Å². The van der Waals surface area contributed by atoms with Gasteiger partial charge in [-0.05, 0) is 12.8 Å². The molecule has 84 valence electrons. The Morgan fingerprint density at radius 3 is 2.13 bits per heavy atom. The lowest BCUT2D eigenvalue weighted by molar-refractivity contribution is 0.591. The average molecular weight is 249 g/mol. The molecule has 0 bridgehead atoms. The zero-order chi connectivity index (χ0) is 11.8. The second-order valence-electron chi connectivity index (χ2n) is 3.72. The molecule has 0 aliphatic heterocycles. The monoisotopic (exact) mass is 248 g/mol. The van der Waals surface area contributed by atoms with E-state index in [0.717, 1.165) is 11.8 Å². The van der Waals surface area contributed by atoms with Gasteiger partial charge in [-0.3, -0.25) is 0 Å². The number of hydrogen-bond acceptors (Lipinski definition) is 4. The molecule has 0 saturated heterocycles. The van der Waals surface area contributed by atoms with Gasteiger partial charge in [0.25, 0.3) is 0 Å². The molecule has 0 amide bonds. The van der Waals surface area contributed by atoms with Crippen molar-refractivity contribution >= 4 is 21.4 Å².